The second-order valence-corrected chi connectivity index (χ2v) is 6.65. The molecule has 1 spiro atoms. The van der Waals surface area contributed by atoms with Crippen LogP contribution in [0.3, 0.4) is 0 Å². The third-order valence-electron chi connectivity index (χ3n) is 5.18. The maximum atomic E-state index is 13.0. The van der Waals surface area contributed by atoms with Crippen LogP contribution in [0.5, 0.6) is 5.75 Å². The quantitative estimate of drug-likeness (QED) is 0.748. The van der Waals surface area contributed by atoms with Crippen LogP contribution in [0.2, 0.25) is 0 Å². The molecular formula is C20H22O7. The monoisotopic (exact) mass is 374 g/mol. The van der Waals surface area contributed by atoms with Crippen LogP contribution in [0, 0.1) is 5.41 Å². The topological polar surface area (TPSA) is 88.1 Å². The molecule has 0 aromatic heterocycles. The van der Waals surface area contributed by atoms with Gasteiger partial charge < -0.3 is 18.9 Å². The minimum Gasteiger partial charge on any atom is -0.497 e. The average Bonchev–Trinajstić information content (AvgIpc) is 3.04. The van der Waals surface area contributed by atoms with Crippen LogP contribution in [-0.4, -0.2) is 38.2 Å². The summed E-state index contributed by atoms with van der Waals surface area (Å²) in [6.45, 7) is 1.25. The van der Waals surface area contributed by atoms with Crippen molar-refractivity contribution < 1.29 is 33.3 Å². The molecule has 7 heteroatoms. The van der Waals surface area contributed by atoms with Crippen LogP contribution >= 0.6 is 0 Å². The first-order valence-corrected chi connectivity index (χ1v) is 8.73. The van der Waals surface area contributed by atoms with Crippen molar-refractivity contribution in [2.45, 2.75) is 38.4 Å². The van der Waals surface area contributed by atoms with Crippen LogP contribution in [0.4, 0.5) is 0 Å². The van der Waals surface area contributed by atoms with E-state index < -0.39 is 29.6 Å². The molecule has 0 amide bonds. The molecule has 1 aromatic rings. The number of ether oxygens (including phenoxy) is 4. The van der Waals surface area contributed by atoms with E-state index in [9.17, 15) is 14.4 Å². The number of carbonyl (C=O) groups excluding carboxylic acids is 3. The molecular weight excluding hydrogens is 352 g/mol. The first-order chi connectivity index (χ1) is 12.9. The summed E-state index contributed by atoms with van der Waals surface area (Å²) >= 11 is 0. The van der Waals surface area contributed by atoms with Gasteiger partial charge in [0, 0.05) is 19.3 Å². The highest BCUT2D eigenvalue weighted by atomic mass is 16.7. The fourth-order valence-electron chi connectivity index (χ4n) is 3.90. The van der Waals surface area contributed by atoms with E-state index in [1.807, 2.05) is 12.1 Å². The van der Waals surface area contributed by atoms with Gasteiger partial charge in [-0.15, -0.1) is 0 Å². The van der Waals surface area contributed by atoms with Crippen LogP contribution in [0.15, 0.2) is 36.1 Å². The van der Waals surface area contributed by atoms with E-state index in [4.69, 9.17) is 18.9 Å². The molecule has 1 saturated carbocycles. The van der Waals surface area contributed by atoms with Crippen LogP contribution in [0.25, 0.3) is 0 Å². The number of hydrogen-bond donors (Lipinski definition) is 0. The largest absolute Gasteiger partial charge is 0.497 e. The smallest absolute Gasteiger partial charge is 0.373 e. The van der Waals surface area contributed by atoms with Gasteiger partial charge in [0.1, 0.15) is 16.9 Å². The minimum atomic E-state index is -1.18. The molecule has 3 atom stereocenters. The molecule has 2 aliphatic rings. The zero-order valence-electron chi connectivity index (χ0n) is 15.5. The molecule has 0 saturated heterocycles. The maximum absolute atomic E-state index is 13.0. The Labute approximate surface area is 157 Å². The zero-order valence-corrected chi connectivity index (χ0v) is 15.5. The van der Waals surface area contributed by atoms with Crippen LogP contribution in [0.1, 0.15) is 37.7 Å². The molecule has 1 aliphatic heterocycles. The highest BCUT2D eigenvalue weighted by Gasteiger charge is 2.59. The number of Topliss-reactive ketones (excluding diaryl/α,β-unsaturated/α-hetero) is 1. The summed E-state index contributed by atoms with van der Waals surface area (Å²) in [4.78, 5) is 36.7. The lowest BCUT2D eigenvalue weighted by molar-refractivity contribution is -0.207. The van der Waals surface area contributed by atoms with E-state index in [1.165, 1.54) is 14.0 Å². The first kappa shape index (κ1) is 18.9. The SMILES string of the molecule is COC(=O)C1=C[C@@H](c2ccc(OC)cc2)[C@@]2(CCCC2=O)[C@@H](OC(C)=O)O1. The van der Waals surface area contributed by atoms with Gasteiger partial charge in [0.05, 0.1) is 14.2 Å². The summed E-state index contributed by atoms with van der Waals surface area (Å²) in [6, 6.07) is 7.23. The van der Waals surface area contributed by atoms with E-state index in [0.717, 1.165) is 5.56 Å². The molecule has 0 N–H and O–H groups in total. The fraction of sp³-hybridized carbons (Fsp3) is 0.450. The van der Waals surface area contributed by atoms with Crippen molar-refractivity contribution in [3.8, 4) is 5.75 Å². The van der Waals surface area contributed by atoms with Crippen molar-refractivity contribution in [2.75, 3.05) is 14.2 Å². The summed E-state index contributed by atoms with van der Waals surface area (Å²) in [5.41, 5.74) is -0.273. The Morgan fingerprint density at radius 3 is 2.41 bits per heavy atom. The molecule has 0 bridgehead atoms. The van der Waals surface area contributed by atoms with Crippen molar-refractivity contribution >= 4 is 17.7 Å². The van der Waals surface area contributed by atoms with E-state index >= 15 is 0 Å². The number of methoxy groups -OCH3 is 2. The molecule has 7 nitrogen and oxygen atoms in total. The van der Waals surface area contributed by atoms with Crippen molar-refractivity contribution in [2.24, 2.45) is 5.41 Å². The highest BCUT2D eigenvalue weighted by Crippen LogP contribution is 2.54. The Kier molecular flexibility index (Phi) is 5.21. The van der Waals surface area contributed by atoms with Crippen LogP contribution < -0.4 is 4.74 Å². The number of hydrogen-bond acceptors (Lipinski definition) is 7. The van der Waals surface area contributed by atoms with Crippen molar-refractivity contribution in [3.05, 3.63) is 41.7 Å². The van der Waals surface area contributed by atoms with Gasteiger partial charge in [-0.2, -0.15) is 0 Å². The third-order valence-corrected chi connectivity index (χ3v) is 5.18. The van der Waals surface area contributed by atoms with Gasteiger partial charge in [0.25, 0.3) is 6.29 Å². The lowest BCUT2D eigenvalue weighted by atomic mass is 9.68. The van der Waals surface area contributed by atoms with Gasteiger partial charge in [-0.05, 0) is 36.6 Å². The van der Waals surface area contributed by atoms with Gasteiger partial charge >= 0.3 is 11.9 Å². The Balaban J connectivity index is 2.14. The molecule has 3 rings (SSSR count). The van der Waals surface area contributed by atoms with Crippen molar-refractivity contribution in [1.82, 2.24) is 0 Å². The second-order valence-electron chi connectivity index (χ2n) is 6.65. The van der Waals surface area contributed by atoms with E-state index in [-0.39, 0.29) is 11.5 Å². The van der Waals surface area contributed by atoms with Gasteiger partial charge in [0.15, 0.2) is 0 Å². The van der Waals surface area contributed by atoms with Gasteiger partial charge in [-0.1, -0.05) is 12.1 Å². The summed E-state index contributed by atoms with van der Waals surface area (Å²) < 4.78 is 21.0. The molecule has 27 heavy (non-hydrogen) atoms. The van der Waals surface area contributed by atoms with E-state index in [1.54, 1.807) is 25.3 Å². The summed E-state index contributed by atoms with van der Waals surface area (Å²) in [6.07, 6.45) is 1.93. The summed E-state index contributed by atoms with van der Waals surface area (Å²) in [5, 5.41) is 0. The number of rotatable bonds is 4. The van der Waals surface area contributed by atoms with Crippen LogP contribution in [-0.2, 0) is 28.6 Å². The van der Waals surface area contributed by atoms with Crippen molar-refractivity contribution in [3.63, 3.8) is 0 Å². The first-order valence-electron chi connectivity index (χ1n) is 8.73. The van der Waals surface area contributed by atoms with Gasteiger partial charge in [0.2, 0.25) is 5.76 Å². The number of esters is 2. The Bertz CT molecular complexity index is 780. The molecule has 0 unspecified atom stereocenters. The third kappa shape index (κ3) is 3.29. The predicted molar refractivity (Wildman–Crippen MR) is 93.8 cm³/mol. The standard InChI is InChI=1S/C20H22O7/c1-12(21)26-19-20(10-4-5-17(20)22)15(11-16(27-19)18(23)25-3)13-6-8-14(24-2)9-7-13/h6-9,11,15,19H,4-5,10H2,1-3H3/t15-,19-,20+/m0/s1. The Morgan fingerprint density at radius 2 is 1.89 bits per heavy atom. The number of allylic oxidation sites excluding steroid dienone is 1. The number of carbonyl (C=O) groups is 3. The van der Waals surface area contributed by atoms with E-state index in [2.05, 4.69) is 0 Å². The number of benzene rings is 1. The molecule has 1 aliphatic carbocycles. The van der Waals surface area contributed by atoms with Crippen molar-refractivity contribution in [1.29, 1.82) is 0 Å². The Hall–Kier alpha value is -2.83. The molecule has 144 valence electrons. The molecule has 1 fully saturated rings. The van der Waals surface area contributed by atoms with Gasteiger partial charge in [-0.3, -0.25) is 9.59 Å². The molecule has 1 heterocycles. The zero-order chi connectivity index (χ0) is 19.6. The summed E-state index contributed by atoms with van der Waals surface area (Å²) in [5.74, 6) is -1.22. The predicted octanol–water partition coefficient (Wildman–Crippen LogP) is 2.49. The summed E-state index contributed by atoms with van der Waals surface area (Å²) in [7, 11) is 2.80. The maximum Gasteiger partial charge on any atom is 0.373 e. The lowest BCUT2D eigenvalue weighted by Crippen LogP contribution is -2.50. The normalized spacial score (nSPS) is 26.9. The second kappa shape index (κ2) is 7.42. The highest BCUT2D eigenvalue weighted by molar-refractivity contribution is 5.92. The van der Waals surface area contributed by atoms with Gasteiger partial charge in [-0.25, -0.2) is 4.79 Å². The average molecular weight is 374 g/mol. The lowest BCUT2D eigenvalue weighted by Gasteiger charge is -2.43. The fourth-order valence-corrected chi connectivity index (χ4v) is 3.90. The molecule has 0 radical (unpaired) electrons. The number of ketones is 1. The van der Waals surface area contributed by atoms with E-state index in [0.29, 0.717) is 25.0 Å². The Morgan fingerprint density at radius 1 is 1.19 bits per heavy atom. The minimum absolute atomic E-state index is 0.0465. The molecule has 1 aromatic carbocycles.